The summed E-state index contributed by atoms with van der Waals surface area (Å²) in [4.78, 5) is 5.47. The molecule has 1 fully saturated rings. The summed E-state index contributed by atoms with van der Waals surface area (Å²) < 4.78 is 0. The van der Waals surface area contributed by atoms with Crippen molar-refractivity contribution >= 4 is 0 Å². The molecule has 1 unspecified atom stereocenters. The zero-order valence-corrected chi connectivity index (χ0v) is 6.26. The van der Waals surface area contributed by atoms with Crippen LogP contribution in [-0.2, 0) is 4.84 Å². The van der Waals surface area contributed by atoms with Gasteiger partial charge in [0, 0.05) is 13.1 Å². The maximum atomic E-state index is 5.47. The predicted molar refractivity (Wildman–Crippen MR) is 37.0 cm³/mol. The molecule has 0 bridgehead atoms. The summed E-state index contributed by atoms with van der Waals surface area (Å²) >= 11 is 0. The van der Waals surface area contributed by atoms with Gasteiger partial charge in [0.05, 0.1) is 6.10 Å². The van der Waals surface area contributed by atoms with Gasteiger partial charge in [-0.2, -0.15) is 5.06 Å². The van der Waals surface area contributed by atoms with Gasteiger partial charge in [-0.05, 0) is 19.8 Å². The molecule has 1 saturated heterocycles. The van der Waals surface area contributed by atoms with Crippen LogP contribution in [0.3, 0.4) is 0 Å². The highest BCUT2D eigenvalue weighted by molar-refractivity contribution is 4.57. The van der Waals surface area contributed by atoms with Crippen LogP contribution in [0.2, 0.25) is 0 Å². The summed E-state index contributed by atoms with van der Waals surface area (Å²) in [5.74, 6) is 0. The van der Waals surface area contributed by atoms with E-state index in [4.69, 9.17) is 4.84 Å². The van der Waals surface area contributed by atoms with Crippen LogP contribution < -0.4 is 0 Å². The molecule has 0 aromatic heterocycles. The smallest absolute Gasteiger partial charge is 0.0765 e. The van der Waals surface area contributed by atoms with Crippen LogP contribution >= 0.6 is 0 Å². The predicted octanol–water partition coefficient (Wildman–Crippen LogP) is 1.42. The number of hydrogen-bond acceptors (Lipinski definition) is 2. The number of hydrogen-bond donors (Lipinski definition) is 0. The molecule has 0 spiro atoms. The monoisotopic (exact) mass is 129 g/mol. The van der Waals surface area contributed by atoms with Crippen LogP contribution in [0.5, 0.6) is 0 Å². The molecule has 0 aromatic carbocycles. The third-order valence-electron chi connectivity index (χ3n) is 1.70. The highest BCUT2D eigenvalue weighted by Crippen LogP contribution is 2.11. The highest BCUT2D eigenvalue weighted by Gasteiger charge is 2.14. The Morgan fingerprint density at radius 1 is 1.67 bits per heavy atom. The maximum absolute atomic E-state index is 5.47. The van der Waals surface area contributed by atoms with E-state index in [2.05, 4.69) is 13.8 Å². The summed E-state index contributed by atoms with van der Waals surface area (Å²) in [7, 11) is 0. The number of nitrogens with zero attached hydrogens (tertiary/aromatic N) is 1. The molecule has 1 aliphatic rings. The summed E-state index contributed by atoms with van der Waals surface area (Å²) in [6.07, 6.45) is 2.95. The van der Waals surface area contributed by atoms with Gasteiger partial charge in [0.15, 0.2) is 0 Å². The Morgan fingerprint density at radius 3 is 2.89 bits per heavy atom. The Hall–Kier alpha value is -0.0800. The maximum Gasteiger partial charge on any atom is 0.0765 e. The van der Waals surface area contributed by atoms with Crippen molar-refractivity contribution < 1.29 is 4.84 Å². The number of hydroxylamine groups is 2. The molecule has 0 aliphatic carbocycles. The largest absolute Gasteiger partial charge is 0.296 e. The zero-order chi connectivity index (χ0) is 6.69. The lowest BCUT2D eigenvalue weighted by molar-refractivity contribution is -0.213. The van der Waals surface area contributed by atoms with Crippen molar-refractivity contribution in [2.75, 3.05) is 13.1 Å². The second-order valence-corrected chi connectivity index (χ2v) is 2.58. The Kier molecular flexibility index (Phi) is 2.49. The Balaban J connectivity index is 2.23. The summed E-state index contributed by atoms with van der Waals surface area (Å²) in [6, 6.07) is 0. The van der Waals surface area contributed by atoms with Crippen molar-refractivity contribution in [3.05, 3.63) is 0 Å². The Labute approximate surface area is 56.8 Å². The molecule has 1 aliphatic heterocycles. The van der Waals surface area contributed by atoms with Gasteiger partial charge in [0.1, 0.15) is 0 Å². The van der Waals surface area contributed by atoms with E-state index in [1.807, 2.05) is 5.06 Å². The number of rotatable bonds is 1. The lowest BCUT2D eigenvalue weighted by Gasteiger charge is -2.29. The van der Waals surface area contributed by atoms with Crippen LogP contribution in [0.4, 0.5) is 0 Å². The molecular weight excluding hydrogens is 114 g/mol. The minimum absolute atomic E-state index is 0.443. The van der Waals surface area contributed by atoms with Gasteiger partial charge >= 0.3 is 0 Å². The van der Waals surface area contributed by atoms with Crippen molar-refractivity contribution in [3.63, 3.8) is 0 Å². The van der Waals surface area contributed by atoms with Crippen LogP contribution in [0.25, 0.3) is 0 Å². The average molecular weight is 129 g/mol. The first-order valence-electron chi connectivity index (χ1n) is 3.74. The van der Waals surface area contributed by atoms with E-state index in [0.717, 1.165) is 13.1 Å². The quantitative estimate of drug-likeness (QED) is 0.531. The SMILES string of the molecule is CCN1CCCC(C)O1. The molecule has 0 aromatic rings. The molecule has 54 valence electrons. The molecule has 9 heavy (non-hydrogen) atoms. The Morgan fingerprint density at radius 2 is 2.44 bits per heavy atom. The van der Waals surface area contributed by atoms with E-state index >= 15 is 0 Å². The van der Waals surface area contributed by atoms with Crippen LogP contribution in [0.15, 0.2) is 0 Å². The molecule has 2 heteroatoms. The fourth-order valence-corrected chi connectivity index (χ4v) is 1.15. The van der Waals surface area contributed by atoms with Gasteiger partial charge in [0.25, 0.3) is 0 Å². The van der Waals surface area contributed by atoms with Crippen LogP contribution in [0, 0.1) is 0 Å². The first-order chi connectivity index (χ1) is 4.33. The molecule has 0 radical (unpaired) electrons. The second kappa shape index (κ2) is 3.18. The minimum Gasteiger partial charge on any atom is -0.296 e. The van der Waals surface area contributed by atoms with Crippen LogP contribution in [-0.4, -0.2) is 24.3 Å². The molecular formula is C7H15NO. The normalized spacial score (nSPS) is 30.7. The lowest BCUT2D eigenvalue weighted by Crippen LogP contribution is -2.34. The topological polar surface area (TPSA) is 12.5 Å². The molecule has 0 amide bonds. The minimum atomic E-state index is 0.443. The van der Waals surface area contributed by atoms with Gasteiger partial charge < -0.3 is 0 Å². The molecule has 2 nitrogen and oxygen atoms in total. The summed E-state index contributed by atoms with van der Waals surface area (Å²) in [6.45, 7) is 6.38. The van der Waals surface area contributed by atoms with E-state index in [1.54, 1.807) is 0 Å². The lowest BCUT2D eigenvalue weighted by atomic mass is 10.2. The standard InChI is InChI=1S/C7H15NO/c1-3-8-6-4-5-7(2)9-8/h7H,3-6H2,1-2H3. The van der Waals surface area contributed by atoms with Gasteiger partial charge in [0.2, 0.25) is 0 Å². The molecule has 1 heterocycles. The second-order valence-electron chi connectivity index (χ2n) is 2.58. The third kappa shape index (κ3) is 1.95. The van der Waals surface area contributed by atoms with Crippen molar-refractivity contribution in [1.29, 1.82) is 0 Å². The molecule has 0 saturated carbocycles. The average Bonchev–Trinajstić information content (AvgIpc) is 1.88. The van der Waals surface area contributed by atoms with Crippen LogP contribution in [0.1, 0.15) is 26.7 Å². The first-order valence-corrected chi connectivity index (χ1v) is 3.74. The third-order valence-corrected chi connectivity index (χ3v) is 1.70. The first kappa shape index (κ1) is 7.03. The van der Waals surface area contributed by atoms with Gasteiger partial charge in [-0.25, -0.2) is 0 Å². The highest BCUT2D eigenvalue weighted by atomic mass is 16.7. The fraction of sp³-hybridized carbons (Fsp3) is 1.00. The van der Waals surface area contributed by atoms with E-state index in [1.165, 1.54) is 12.8 Å². The van der Waals surface area contributed by atoms with E-state index in [9.17, 15) is 0 Å². The van der Waals surface area contributed by atoms with E-state index in [0.29, 0.717) is 6.10 Å². The molecule has 1 atom stereocenters. The Bertz CT molecular complexity index is 85.0. The fourth-order valence-electron chi connectivity index (χ4n) is 1.15. The van der Waals surface area contributed by atoms with E-state index < -0.39 is 0 Å². The zero-order valence-electron chi connectivity index (χ0n) is 6.26. The molecule has 1 rings (SSSR count). The van der Waals surface area contributed by atoms with Crippen molar-refractivity contribution in [3.8, 4) is 0 Å². The summed E-state index contributed by atoms with van der Waals surface area (Å²) in [5, 5.41) is 2.04. The van der Waals surface area contributed by atoms with Gasteiger partial charge in [-0.3, -0.25) is 4.84 Å². The van der Waals surface area contributed by atoms with Crippen molar-refractivity contribution in [2.45, 2.75) is 32.8 Å². The van der Waals surface area contributed by atoms with E-state index in [-0.39, 0.29) is 0 Å². The van der Waals surface area contributed by atoms with Gasteiger partial charge in [-0.15, -0.1) is 0 Å². The molecule has 0 N–H and O–H groups in total. The van der Waals surface area contributed by atoms with Crippen molar-refractivity contribution in [2.24, 2.45) is 0 Å². The van der Waals surface area contributed by atoms with Crippen molar-refractivity contribution in [1.82, 2.24) is 5.06 Å². The summed E-state index contributed by atoms with van der Waals surface area (Å²) in [5.41, 5.74) is 0. The van der Waals surface area contributed by atoms with Gasteiger partial charge in [-0.1, -0.05) is 6.92 Å².